The highest BCUT2D eigenvalue weighted by Crippen LogP contribution is 2.39. The zero-order valence-electron chi connectivity index (χ0n) is 17.2. The van der Waals surface area contributed by atoms with Gasteiger partial charge < -0.3 is 19.1 Å². The van der Waals surface area contributed by atoms with Crippen molar-refractivity contribution >= 4 is 17.2 Å². The molecule has 1 amide bonds. The number of para-hydroxylation sites is 1. The van der Waals surface area contributed by atoms with Crippen molar-refractivity contribution in [3.05, 3.63) is 65.2 Å². The van der Waals surface area contributed by atoms with Gasteiger partial charge in [0.25, 0.3) is 5.91 Å². The Labute approximate surface area is 180 Å². The normalized spacial score (nSPS) is 18.8. The summed E-state index contributed by atoms with van der Waals surface area (Å²) in [5.74, 6) is 1.15. The molecule has 0 spiro atoms. The predicted octanol–water partition coefficient (Wildman–Crippen LogP) is 4.43. The van der Waals surface area contributed by atoms with Crippen LogP contribution in [0.2, 0.25) is 0 Å². The summed E-state index contributed by atoms with van der Waals surface area (Å²) in [6.07, 6.45) is -0.194. The first-order chi connectivity index (χ1) is 14.6. The van der Waals surface area contributed by atoms with E-state index < -0.39 is 0 Å². The Morgan fingerprint density at radius 2 is 1.90 bits per heavy atom. The molecule has 0 aliphatic carbocycles. The molecule has 7 heteroatoms. The van der Waals surface area contributed by atoms with Gasteiger partial charge in [-0.2, -0.15) is 0 Å². The molecular formula is C23H24N2O4S. The Hall–Kier alpha value is -2.90. The Kier molecular flexibility index (Phi) is 6.01. The van der Waals surface area contributed by atoms with Crippen LogP contribution in [0.25, 0.3) is 10.6 Å². The number of methoxy groups -OCH3 is 2. The van der Waals surface area contributed by atoms with Crippen molar-refractivity contribution < 1.29 is 19.0 Å². The fourth-order valence-corrected chi connectivity index (χ4v) is 4.50. The minimum Gasteiger partial charge on any atom is -0.493 e. The maximum absolute atomic E-state index is 13.2. The van der Waals surface area contributed by atoms with Crippen molar-refractivity contribution in [2.75, 3.05) is 27.3 Å². The maximum Gasteiger partial charge on any atom is 0.273 e. The molecule has 0 N–H and O–H groups in total. The fraction of sp³-hybridized carbons (Fsp3) is 0.304. The van der Waals surface area contributed by atoms with E-state index in [0.717, 1.165) is 16.1 Å². The Morgan fingerprint density at radius 3 is 2.63 bits per heavy atom. The smallest absolute Gasteiger partial charge is 0.273 e. The maximum atomic E-state index is 13.2. The average Bonchev–Trinajstić information content (AvgIpc) is 3.28. The molecule has 0 unspecified atom stereocenters. The molecule has 2 atom stereocenters. The number of benzene rings is 2. The number of rotatable bonds is 5. The van der Waals surface area contributed by atoms with Crippen molar-refractivity contribution in [1.82, 2.24) is 9.88 Å². The predicted molar refractivity (Wildman–Crippen MR) is 116 cm³/mol. The van der Waals surface area contributed by atoms with Crippen LogP contribution in [0.3, 0.4) is 0 Å². The second-order valence-corrected chi connectivity index (χ2v) is 7.99. The largest absolute Gasteiger partial charge is 0.493 e. The number of thiazole rings is 1. The third kappa shape index (κ3) is 4.04. The Bertz CT molecular complexity index is 1020. The standard InChI is InChI=1S/C23H24N2O4S/c1-15-12-25(13-20(29-15)16-8-5-4-6-9-16)23(26)18-14-30-22(24-18)17-10-7-11-19(27-2)21(17)28-3/h4-11,14-15,20H,12-13H2,1-3H3/t15-,20+/m0/s1. The highest BCUT2D eigenvalue weighted by molar-refractivity contribution is 7.13. The van der Waals surface area contributed by atoms with E-state index in [2.05, 4.69) is 4.98 Å². The third-order valence-electron chi connectivity index (χ3n) is 5.08. The fourth-order valence-electron chi connectivity index (χ4n) is 3.68. The van der Waals surface area contributed by atoms with Gasteiger partial charge in [0.15, 0.2) is 11.5 Å². The molecule has 4 rings (SSSR count). The third-order valence-corrected chi connectivity index (χ3v) is 5.95. The molecule has 0 bridgehead atoms. The lowest BCUT2D eigenvalue weighted by Gasteiger charge is -2.36. The lowest BCUT2D eigenvalue weighted by molar-refractivity contribution is -0.0692. The minimum atomic E-state index is -0.143. The average molecular weight is 425 g/mol. The summed E-state index contributed by atoms with van der Waals surface area (Å²) in [7, 11) is 3.20. The molecule has 1 aliphatic rings. The number of carbonyl (C=O) groups excluding carboxylic acids is 1. The monoisotopic (exact) mass is 424 g/mol. The Morgan fingerprint density at radius 1 is 1.10 bits per heavy atom. The van der Waals surface area contributed by atoms with Crippen molar-refractivity contribution in [2.45, 2.75) is 19.1 Å². The summed E-state index contributed by atoms with van der Waals surface area (Å²) in [5, 5.41) is 2.52. The highest BCUT2D eigenvalue weighted by Gasteiger charge is 2.31. The van der Waals surface area contributed by atoms with E-state index in [4.69, 9.17) is 14.2 Å². The van der Waals surface area contributed by atoms with E-state index in [-0.39, 0.29) is 18.1 Å². The first kappa shape index (κ1) is 20.4. The van der Waals surface area contributed by atoms with E-state index in [1.165, 1.54) is 11.3 Å². The van der Waals surface area contributed by atoms with Crippen molar-refractivity contribution in [2.24, 2.45) is 0 Å². The molecule has 2 heterocycles. The molecular weight excluding hydrogens is 400 g/mol. The van der Waals surface area contributed by atoms with Crippen LogP contribution in [0.5, 0.6) is 11.5 Å². The number of aromatic nitrogens is 1. The number of carbonyl (C=O) groups is 1. The van der Waals surface area contributed by atoms with Gasteiger partial charge in [-0.1, -0.05) is 36.4 Å². The second-order valence-electron chi connectivity index (χ2n) is 7.14. The number of amides is 1. The summed E-state index contributed by atoms with van der Waals surface area (Å²) < 4.78 is 17.0. The lowest BCUT2D eigenvalue weighted by Crippen LogP contribution is -2.46. The SMILES string of the molecule is COc1cccc(-c2nc(C(=O)N3C[C@H](C)O[C@@H](c4ccccc4)C3)cs2)c1OC. The van der Waals surface area contributed by atoms with Gasteiger partial charge in [0.05, 0.1) is 32.4 Å². The van der Waals surface area contributed by atoms with Crippen LogP contribution in [0.1, 0.15) is 29.1 Å². The molecule has 2 aromatic carbocycles. The van der Waals surface area contributed by atoms with Crippen molar-refractivity contribution in [3.8, 4) is 22.1 Å². The molecule has 1 aromatic heterocycles. The van der Waals surface area contributed by atoms with Gasteiger partial charge in [0, 0.05) is 11.9 Å². The van der Waals surface area contributed by atoms with Crippen molar-refractivity contribution in [1.29, 1.82) is 0 Å². The summed E-state index contributed by atoms with van der Waals surface area (Å²) >= 11 is 1.42. The minimum absolute atomic E-state index is 0.0514. The zero-order chi connectivity index (χ0) is 21.1. The van der Waals surface area contributed by atoms with Crippen LogP contribution in [-0.2, 0) is 4.74 Å². The number of nitrogens with zero attached hydrogens (tertiary/aromatic N) is 2. The van der Waals surface area contributed by atoms with Gasteiger partial charge in [-0.25, -0.2) is 4.98 Å². The number of hydrogen-bond donors (Lipinski definition) is 0. The molecule has 1 saturated heterocycles. The molecule has 0 saturated carbocycles. The number of ether oxygens (including phenoxy) is 3. The van der Waals surface area contributed by atoms with Crippen LogP contribution in [-0.4, -0.2) is 49.2 Å². The van der Waals surface area contributed by atoms with Crippen LogP contribution >= 0.6 is 11.3 Å². The van der Waals surface area contributed by atoms with E-state index in [1.807, 2.05) is 60.4 Å². The van der Waals surface area contributed by atoms with Crippen LogP contribution in [0.4, 0.5) is 0 Å². The first-order valence-corrected chi connectivity index (χ1v) is 10.6. The van der Waals surface area contributed by atoms with E-state index in [0.29, 0.717) is 30.3 Å². The number of morpholine rings is 1. The number of hydrogen-bond acceptors (Lipinski definition) is 6. The van der Waals surface area contributed by atoms with E-state index in [9.17, 15) is 4.79 Å². The van der Waals surface area contributed by atoms with E-state index >= 15 is 0 Å². The van der Waals surface area contributed by atoms with Crippen molar-refractivity contribution in [3.63, 3.8) is 0 Å². The first-order valence-electron chi connectivity index (χ1n) is 9.77. The molecule has 1 fully saturated rings. The van der Waals surface area contributed by atoms with Gasteiger partial charge in [0.1, 0.15) is 16.8 Å². The van der Waals surface area contributed by atoms with Gasteiger partial charge in [-0.15, -0.1) is 11.3 Å². The van der Waals surface area contributed by atoms with Crippen LogP contribution in [0, 0.1) is 0 Å². The van der Waals surface area contributed by atoms with Gasteiger partial charge in [0.2, 0.25) is 0 Å². The van der Waals surface area contributed by atoms with Crippen LogP contribution < -0.4 is 9.47 Å². The summed E-state index contributed by atoms with van der Waals surface area (Å²) in [6, 6.07) is 15.6. The molecule has 3 aromatic rings. The van der Waals surface area contributed by atoms with E-state index in [1.54, 1.807) is 19.6 Å². The summed E-state index contributed by atoms with van der Waals surface area (Å²) in [4.78, 5) is 19.6. The Balaban J connectivity index is 1.57. The second kappa shape index (κ2) is 8.85. The molecule has 1 aliphatic heterocycles. The zero-order valence-corrected chi connectivity index (χ0v) is 18.0. The summed E-state index contributed by atoms with van der Waals surface area (Å²) in [5.41, 5.74) is 2.31. The van der Waals surface area contributed by atoms with Crippen LogP contribution in [0.15, 0.2) is 53.9 Å². The van der Waals surface area contributed by atoms with Gasteiger partial charge in [-0.3, -0.25) is 4.79 Å². The van der Waals surface area contributed by atoms with Gasteiger partial charge >= 0.3 is 0 Å². The highest BCUT2D eigenvalue weighted by atomic mass is 32.1. The molecule has 6 nitrogen and oxygen atoms in total. The molecule has 0 radical (unpaired) electrons. The molecule has 30 heavy (non-hydrogen) atoms. The lowest BCUT2D eigenvalue weighted by atomic mass is 10.1. The quantitative estimate of drug-likeness (QED) is 0.606. The topological polar surface area (TPSA) is 60.9 Å². The van der Waals surface area contributed by atoms with Gasteiger partial charge in [-0.05, 0) is 24.6 Å². The molecule has 156 valence electrons. The summed E-state index contributed by atoms with van der Waals surface area (Å²) in [6.45, 7) is 3.03.